The number of benzene rings is 1. The highest BCUT2D eigenvalue weighted by Crippen LogP contribution is 2.29. The fraction of sp³-hybridized carbons (Fsp3) is 0.500. The molecule has 0 N–H and O–H groups in total. The van der Waals surface area contributed by atoms with Gasteiger partial charge in [0.15, 0.2) is 0 Å². The summed E-state index contributed by atoms with van der Waals surface area (Å²) < 4.78 is 62.1. The second kappa shape index (κ2) is 5.25. The van der Waals surface area contributed by atoms with Crippen molar-refractivity contribution in [3.05, 3.63) is 29.3 Å². The number of fused-ring (bicyclic) bond motifs is 1. The zero-order valence-electron chi connectivity index (χ0n) is 10.8. The number of anilines is 1. The lowest BCUT2D eigenvalue weighted by molar-refractivity contribution is -0.0547. The Labute approximate surface area is 115 Å². The van der Waals surface area contributed by atoms with Crippen molar-refractivity contribution in [2.24, 2.45) is 0 Å². The van der Waals surface area contributed by atoms with Gasteiger partial charge in [0, 0.05) is 19.3 Å². The minimum Gasteiger partial charge on any atom is -0.374 e. The number of hydrogen-bond donors (Lipinski definition) is 0. The van der Waals surface area contributed by atoms with E-state index in [1.807, 2.05) is 7.05 Å². The molecule has 8 heteroatoms. The van der Waals surface area contributed by atoms with Gasteiger partial charge >= 0.3 is 15.6 Å². The molecule has 0 spiro atoms. The van der Waals surface area contributed by atoms with Crippen LogP contribution in [0.4, 0.5) is 18.9 Å². The maximum Gasteiger partial charge on any atom is 0.523 e. The number of nitrogens with zero attached hydrogens (tertiary/aromatic N) is 1. The molecule has 0 radical (unpaired) electrons. The molecule has 4 nitrogen and oxygen atoms in total. The Kier molecular flexibility index (Phi) is 3.97. The molecule has 1 aromatic rings. The van der Waals surface area contributed by atoms with Crippen molar-refractivity contribution in [1.82, 2.24) is 0 Å². The summed E-state index contributed by atoms with van der Waals surface area (Å²) >= 11 is 0. The van der Waals surface area contributed by atoms with Gasteiger partial charge in [0.2, 0.25) is 0 Å². The molecular formula is C12H14F3NO3S. The highest BCUT2D eigenvalue weighted by atomic mass is 32.2. The number of alkyl halides is 3. The Balaban J connectivity index is 2.12. The molecule has 0 aromatic heterocycles. The van der Waals surface area contributed by atoms with E-state index in [-0.39, 0.29) is 0 Å². The van der Waals surface area contributed by atoms with Crippen molar-refractivity contribution in [1.29, 1.82) is 0 Å². The van der Waals surface area contributed by atoms with E-state index in [2.05, 4.69) is 9.08 Å². The van der Waals surface area contributed by atoms with Crippen LogP contribution in [0.1, 0.15) is 17.5 Å². The van der Waals surface area contributed by atoms with Gasteiger partial charge in [-0.1, -0.05) is 12.1 Å². The van der Waals surface area contributed by atoms with Gasteiger partial charge in [-0.05, 0) is 30.0 Å². The van der Waals surface area contributed by atoms with Crippen LogP contribution in [0, 0.1) is 0 Å². The van der Waals surface area contributed by atoms with Gasteiger partial charge in [-0.15, -0.1) is 0 Å². The highest BCUT2D eigenvalue weighted by molar-refractivity contribution is 7.87. The predicted octanol–water partition coefficient (Wildman–Crippen LogP) is 2.44. The van der Waals surface area contributed by atoms with Crippen molar-refractivity contribution in [3.8, 4) is 0 Å². The van der Waals surface area contributed by atoms with Crippen LogP contribution < -0.4 is 4.90 Å². The van der Waals surface area contributed by atoms with Gasteiger partial charge in [0.25, 0.3) is 0 Å². The summed E-state index contributed by atoms with van der Waals surface area (Å²) in [5.41, 5.74) is -2.98. The van der Waals surface area contributed by atoms with Gasteiger partial charge in [0.05, 0.1) is 6.61 Å². The first-order valence-electron chi connectivity index (χ1n) is 5.99. The zero-order valence-corrected chi connectivity index (χ0v) is 11.6. The summed E-state index contributed by atoms with van der Waals surface area (Å²) in [7, 11) is -3.61. The van der Waals surface area contributed by atoms with Crippen LogP contribution in [0.15, 0.2) is 18.2 Å². The van der Waals surface area contributed by atoms with Crippen LogP contribution in [0.3, 0.4) is 0 Å². The molecule has 0 unspecified atom stereocenters. The Hall–Kier alpha value is -1.28. The second-order valence-corrected chi connectivity index (χ2v) is 6.26. The molecule has 0 fully saturated rings. The average Bonchev–Trinajstić information content (AvgIpc) is 2.35. The van der Waals surface area contributed by atoms with Gasteiger partial charge in [-0.25, -0.2) is 0 Å². The smallest absolute Gasteiger partial charge is 0.374 e. The van der Waals surface area contributed by atoms with E-state index in [9.17, 15) is 21.6 Å². The van der Waals surface area contributed by atoms with Crippen LogP contribution in [-0.4, -0.2) is 27.5 Å². The van der Waals surface area contributed by atoms with Gasteiger partial charge in [-0.3, -0.25) is 4.18 Å². The molecule has 112 valence electrons. The zero-order chi connectivity index (χ0) is 15.0. The minimum atomic E-state index is -5.54. The molecule has 0 amide bonds. The maximum absolute atomic E-state index is 12.1. The van der Waals surface area contributed by atoms with Crippen LogP contribution >= 0.6 is 0 Å². The molecule has 20 heavy (non-hydrogen) atoms. The average molecular weight is 309 g/mol. The summed E-state index contributed by atoms with van der Waals surface area (Å²) in [5.74, 6) is 0. The number of aryl methyl sites for hydroxylation is 1. The summed E-state index contributed by atoms with van der Waals surface area (Å²) in [6.45, 7) is 0.310. The third-order valence-corrected chi connectivity index (χ3v) is 4.15. The third-order valence-electron chi connectivity index (χ3n) is 3.16. The highest BCUT2D eigenvalue weighted by Gasteiger charge is 2.47. The summed E-state index contributed by atoms with van der Waals surface area (Å²) in [4.78, 5) is 2.05. The summed E-state index contributed by atoms with van der Waals surface area (Å²) in [5, 5.41) is 0. The standard InChI is InChI=1S/C12H14F3NO3S/c1-16-6-2-3-10-7-9(4-5-11(10)16)8-19-20(17,18)12(13,14)15/h4-5,7H,2-3,6,8H2,1H3. The maximum atomic E-state index is 12.1. The molecular weight excluding hydrogens is 295 g/mol. The Morgan fingerprint density at radius 1 is 1.35 bits per heavy atom. The first-order chi connectivity index (χ1) is 9.21. The lowest BCUT2D eigenvalue weighted by Crippen LogP contribution is -2.26. The summed E-state index contributed by atoms with van der Waals surface area (Å²) in [6, 6.07) is 5.04. The van der Waals surface area contributed by atoms with Crippen LogP contribution in [-0.2, 0) is 27.3 Å². The normalized spacial score (nSPS) is 16.1. The van der Waals surface area contributed by atoms with Gasteiger partial charge < -0.3 is 4.90 Å². The largest absolute Gasteiger partial charge is 0.523 e. The van der Waals surface area contributed by atoms with Crippen molar-refractivity contribution < 1.29 is 25.8 Å². The van der Waals surface area contributed by atoms with Gasteiger partial charge in [0.1, 0.15) is 0 Å². The fourth-order valence-electron chi connectivity index (χ4n) is 2.14. The molecule has 0 atom stereocenters. The van der Waals surface area contributed by atoms with Crippen molar-refractivity contribution in [2.75, 3.05) is 18.5 Å². The molecule has 0 aliphatic carbocycles. The lowest BCUT2D eigenvalue weighted by Gasteiger charge is -2.27. The Morgan fingerprint density at radius 2 is 2.05 bits per heavy atom. The Bertz CT molecular complexity index is 598. The molecule has 2 rings (SSSR count). The van der Waals surface area contributed by atoms with E-state index in [0.29, 0.717) is 5.56 Å². The van der Waals surface area contributed by atoms with Crippen LogP contribution in [0.5, 0.6) is 0 Å². The van der Waals surface area contributed by atoms with Gasteiger partial charge in [-0.2, -0.15) is 21.6 Å². The lowest BCUT2D eigenvalue weighted by atomic mass is 10.00. The number of rotatable bonds is 3. The molecule has 1 heterocycles. The van der Waals surface area contributed by atoms with E-state index < -0.39 is 22.2 Å². The minimum absolute atomic E-state index is 0.409. The van der Waals surface area contributed by atoms with Crippen LogP contribution in [0.2, 0.25) is 0 Å². The van der Waals surface area contributed by atoms with E-state index in [4.69, 9.17) is 0 Å². The second-order valence-electron chi connectivity index (χ2n) is 4.65. The molecule has 0 saturated heterocycles. The number of hydrogen-bond acceptors (Lipinski definition) is 4. The monoisotopic (exact) mass is 309 g/mol. The number of halogens is 3. The quantitative estimate of drug-likeness (QED) is 0.635. The van der Waals surface area contributed by atoms with Crippen molar-refractivity contribution >= 4 is 15.8 Å². The molecule has 1 aliphatic heterocycles. The summed E-state index contributed by atoms with van der Waals surface area (Å²) in [6.07, 6.45) is 1.77. The topological polar surface area (TPSA) is 46.6 Å². The van der Waals surface area contributed by atoms with E-state index in [0.717, 1.165) is 30.6 Å². The van der Waals surface area contributed by atoms with E-state index in [1.165, 1.54) is 0 Å². The first kappa shape index (κ1) is 15.1. The Morgan fingerprint density at radius 3 is 2.70 bits per heavy atom. The molecule has 1 aromatic carbocycles. The fourth-order valence-corrected chi connectivity index (χ4v) is 2.57. The van der Waals surface area contributed by atoms with E-state index >= 15 is 0 Å². The molecule has 0 bridgehead atoms. The molecule has 0 saturated carbocycles. The molecule has 1 aliphatic rings. The SMILES string of the molecule is CN1CCCc2cc(COS(=O)(=O)C(F)(F)F)ccc21. The van der Waals surface area contributed by atoms with Crippen molar-refractivity contribution in [3.63, 3.8) is 0 Å². The van der Waals surface area contributed by atoms with Crippen LogP contribution in [0.25, 0.3) is 0 Å². The third kappa shape index (κ3) is 3.06. The first-order valence-corrected chi connectivity index (χ1v) is 7.40. The van der Waals surface area contributed by atoms with Crippen molar-refractivity contribution in [2.45, 2.75) is 25.0 Å². The predicted molar refractivity (Wildman–Crippen MR) is 67.8 cm³/mol. The van der Waals surface area contributed by atoms with E-state index in [1.54, 1.807) is 18.2 Å².